The predicted octanol–water partition coefficient (Wildman–Crippen LogP) is 12.9. The number of methoxy groups -OCH3 is 4. The van der Waals surface area contributed by atoms with Crippen LogP contribution in [0, 0.1) is 11.8 Å². The van der Waals surface area contributed by atoms with Crippen molar-refractivity contribution >= 4 is 113 Å². The number of hydrogen-bond acceptors (Lipinski definition) is 29. The van der Waals surface area contributed by atoms with Crippen LogP contribution in [0.1, 0.15) is 127 Å². The van der Waals surface area contributed by atoms with Crippen LogP contribution in [0.15, 0.2) is 134 Å². The third-order valence-electron chi connectivity index (χ3n) is 18.1. The van der Waals surface area contributed by atoms with Gasteiger partial charge in [0, 0.05) is 53.3 Å². The number of rotatable bonds is 34. The Hall–Kier alpha value is -11.0. The molecule has 8 aromatic rings. The standard InChI is InChI=1S/C32H32Cl2F2N2O9S.C23H24Cl2F2N2O4.C9H10O6S.C9H10O5S.C8H8O3.2H2O/c1-43-25-9-8-20(13-29(25)47-48(2,41)42)30(39)38-11-3-4-24(38)31(40)45-27(14-21-22(33)15-37-16-23(21)34)19-7-10-26(46-32(35)36)28(12-19)44-17-18-5-6-18;24-16-10-28-11-17(25)15(16)9-20(32-22(30)18-2-1-7-29-18)14-5-6-19(33-23(26)27)21(8-14)31-12-13-3-4-13;1-14-7-4-3-6(9(10)11)5-8(7)15-16(2,12)13;1-13-8-4-3-7(6-10)5-9(8)14-15(2,11)12;1-11-8-3-2-6(5-9)4-7(8)10;;/h7-10,12-13,15-16,18,24,27,32H,3-6,11,14,17H2,1-2H3;5-6,8,10-11,13,18,20,23,29H,1-4,7,9,12H2;3-5H,1-2H3,(H,10,11);3-6H,1-2H3;2-5,10H,1H3;2*1H2/t24-,27-;18-,20-;;;;;/m00...../s1. The van der Waals surface area contributed by atoms with Crippen molar-refractivity contribution in [1.82, 2.24) is 10.2 Å². The Morgan fingerprint density at radius 2 is 0.888 bits per heavy atom. The van der Waals surface area contributed by atoms with E-state index in [-0.39, 0.29) is 121 Å². The van der Waals surface area contributed by atoms with Crippen molar-refractivity contribution in [2.45, 2.75) is 102 Å². The maximum absolute atomic E-state index is 13.8. The van der Waals surface area contributed by atoms with Crippen molar-refractivity contribution in [1.29, 1.82) is 0 Å². The molecule has 2 aliphatic heterocycles. The Morgan fingerprint density at radius 3 is 1.27 bits per heavy atom. The van der Waals surface area contributed by atoms with Gasteiger partial charge in [-0.15, -0.1) is 0 Å². The number of hydrogen-bond donors (Lipinski definition) is 3. The zero-order valence-electron chi connectivity index (χ0n) is 67.6. The minimum Gasteiger partial charge on any atom is -0.870 e. The van der Waals surface area contributed by atoms with E-state index >= 15 is 0 Å². The number of carbonyl (C=O) groups excluding carboxylic acids is 5. The summed E-state index contributed by atoms with van der Waals surface area (Å²) in [6.45, 7) is -4.39. The number of benzene rings is 6. The second-order valence-electron chi connectivity index (χ2n) is 27.5. The molecule has 2 saturated heterocycles. The molecule has 4 heterocycles. The Bertz CT molecular complexity index is 5370. The average molecular weight is 1900 g/mol. The molecule has 0 spiro atoms. The van der Waals surface area contributed by atoms with Crippen molar-refractivity contribution in [3.63, 3.8) is 0 Å². The van der Waals surface area contributed by atoms with E-state index in [0.29, 0.717) is 106 Å². The molecule has 4 aliphatic rings. The molecule has 7 N–H and O–H groups in total. The maximum atomic E-state index is 13.8. The first-order valence-electron chi connectivity index (χ1n) is 37.1. The summed E-state index contributed by atoms with van der Waals surface area (Å²) in [5.74, 6) is -1.60. The van der Waals surface area contributed by atoms with Gasteiger partial charge in [0.25, 0.3) is 5.91 Å². The summed E-state index contributed by atoms with van der Waals surface area (Å²) >= 11 is 25.6. The number of nitrogens with one attached hydrogen (secondary N) is 3. The van der Waals surface area contributed by atoms with Crippen LogP contribution in [0.2, 0.25) is 20.1 Å². The molecule has 1 amide bonds. The highest BCUT2D eigenvalue weighted by Crippen LogP contribution is 2.42. The number of aromatic carboxylic acids is 1. The number of nitrogens with zero attached hydrogens (tertiary/aromatic N) is 1. The van der Waals surface area contributed by atoms with E-state index in [4.69, 9.17) is 98.7 Å². The first-order chi connectivity index (χ1) is 58.3. The summed E-state index contributed by atoms with van der Waals surface area (Å²) in [6, 6.07) is 23.9. The number of alkyl halides is 4. The first kappa shape index (κ1) is 103. The van der Waals surface area contributed by atoms with Crippen molar-refractivity contribution in [3.8, 4) is 69.0 Å². The van der Waals surface area contributed by atoms with Crippen LogP contribution in [-0.4, -0.2) is 187 Å². The summed E-state index contributed by atoms with van der Waals surface area (Å²) in [7, 11) is -5.81. The predicted molar refractivity (Wildman–Crippen MR) is 440 cm³/mol. The molecule has 0 bridgehead atoms. The van der Waals surface area contributed by atoms with Crippen LogP contribution in [0.25, 0.3) is 0 Å². The SMILES string of the molecule is COc1ccc(C(=O)N2CCC[C@H]2C(=O)O[C@@H](Cc2c(Cl)c[nH+]cc2Cl)c2ccc(OC(F)F)c(OCC3CC3)c2)cc1OS(C)(=O)=O.COc1ccc(C(=O)O)cc1OS(C)(=O)=O.COc1ccc(C=O)cc1O.COc1ccc(C=O)cc1OS(C)(=O)=O.O=C(O[C@@H](Cc1c(Cl)c[nH+]cc1Cl)c1ccc(OC(F)F)c(OCC2CC2)c1)[C@@H]1CCCN1.[OH-].[OH-]. The number of phenolic OH excluding ortho intramolecular Hbond substituents is 1. The molecule has 0 unspecified atom stereocenters. The quantitative estimate of drug-likeness (QED) is 0.0146. The fourth-order valence-corrected chi connectivity index (χ4v) is 14.2. The lowest BCUT2D eigenvalue weighted by Crippen LogP contribution is -2.42. The number of pyridine rings is 2. The fraction of sp³-hybridized carbons (Fsp3) is 0.358. The minimum absolute atomic E-state index is 0. The lowest BCUT2D eigenvalue weighted by atomic mass is 10.0. The summed E-state index contributed by atoms with van der Waals surface area (Å²) in [6.07, 6.45) is 14.9. The van der Waals surface area contributed by atoms with E-state index in [2.05, 4.69) is 33.1 Å². The number of esters is 2. The van der Waals surface area contributed by atoms with Crippen molar-refractivity contribution < 1.29 is 163 Å². The topological polar surface area (TPSA) is 469 Å². The molecule has 4 fully saturated rings. The summed E-state index contributed by atoms with van der Waals surface area (Å²) < 4.78 is 186. The number of aldehydes is 2. The number of aromatic amines is 2. The number of carbonyl (C=O) groups is 6. The van der Waals surface area contributed by atoms with E-state index in [1.807, 2.05) is 0 Å². The number of halogens is 8. The second-order valence-corrected chi connectivity index (χ2v) is 33.8. The van der Waals surface area contributed by atoms with Crippen molar-refractivity contribution in [2.75, 3.05) is 73.5 Å². The van der Waals surface area contributed by atoms with E-state index in [1.54, 1.807) is 36.7 Å². The Morgan fingerprint density at radius 1 is 0.496 bits per heavy atom. The summed E-state index contributed by atoms with van der Waals surface area (Å²) in [4.78, 5) is 78.7. The molecular weight excluding hydrogens is 1810 g/mol. The normalized spacial score (nSPS) is 14.9. The summed E-state index contributed by atoms with van der Waals surface area (Å²) in [5.41, 5.74) is 2.74. The number of amides is 1. The van der Waals surface area contributed by atoms with E-state index < -0.39 is 85.7 Å². The number of aromatic nitrogens is 2. The van der Waals surface area contributed by atoms with Gasteiger partial charge >= 0.3 is 61.5 Å². The third-order valence-corrected chi connectivity index (χ3v) is 20.9. The van der Waals surface area contributed by atoms with Gasteiger partial charge in [0.2, 0.25) is 0 Å². The number of phenols is 1. The van der Waals surface area contributed by atoms with Gasteiger partial charge in [0.05, 0.1) is 66.0 Å². The molecule has 680 valence electrons. The maximum Gasteiger partial charge on any atom is 0.387 e. The molecule has 2 aromatic heterocycles. The van der Waals surface area contributed by atoms with Crippen molar-refractivity contribution in [2.24, 2.45) is 11.8 Å². The number of ether oxygens (including phenoxy) is 10. The molecule has 4 atom stereocenters. The number of carboxylic acid groups (broad SMARTS) is 1. The molecule has 6 aromatic carbocycles. The van der Waals surface area contributed by atoms with Gasteiger partial charge in [0.1, 0.15) is 57.0 Å². The van der Waals surface area contributed by atoms with Gasteiger partial charge in [-0.2, -0.15) is 42.8 Å². The molecule has 2 aliphatic carbocycles. The van der Waals surface area contributed by atoms with Gasteiger partial charge in [-0.3, -0.25) is 19.2 Å². The molecule has 33 nitrogen and oxygen atoms in total. The third kappa shape index (κ3) is 32.5. The van der Waals surface area contributed by atoms with E-state index in [9.17, 15) is 71.6 Å². The average Bonchev–Trinajstić information content (AvgIpc) is 1.77. The van der Waals surface area contributed by atoms with Crippen molar-refractivity contribution in [3.05, 3.63) is 199 Å². The highest BCUT2D eigenvalue weighted by Gasteiger charge is 2.39. The highest BCUT2D eigenvalue weighted by molar-refractivity contribution is 7.86. The Labute approximate surface area is 736 Å². The molecule has 125 heavy (non-hydrogen) atoms. The van der Waals surface area contributed by atoms with Crippen LogP contribution in [0.5, 0.6) is 69.0 Å². The Balaban J connectivity index is 0.000000269. The molecule has 0 radical (unpaired) electrons. The van der Waals surface area contributed by atoms with E-state index in [0.717, 1.165) is 63.5 Å². The number of H-pyrrole nitrogens is 2. The second kappa shape index (κ2) is 47.9. The summed E-state index contributed by atoms with van der Waals surface area (Å²) in [5, 5.41) is 22.3. The molecule has 44 heteroatoms. The van der Waals surface area contributed by atoms with E-state index in [1.165, 1.54) is 125 Å². The van der Waals surface area contributed by atoms with Crippen LogP contribution in [-0.2, 0) is 62.3 Å². The first-order valence-corrected chi connectivity index (χ1v) is 44.1. The van der Waals surface area contributed by atoms with Crippen LogP contribution in [0.4, 0.5) is 17.6 Å². The number of likely N-dealkylation sites (tertiary alicyclic amines) is 1. The lowest BCUT2D eigenvalue weighted by Gasteiger charge is -2.27. The molecule has 12 rings (SSSR count). The van der Waals surface area contributed by atoms with Gasteiger partial charge in [-0.05, 0) is 172 Å². The minimum atomic E-state index is -3.94. The van der Waals surface area contributed by atoms with Crippen LogP contribution in [0.3, 0.4) is 0 Å². The molecule has 2 saturated carbocycles. The van der Waals surface area contributed by atoms with Gasteiger partial charge in [-0.25, -0.2) is 19.6 Å². The zero-order chi connectivity index (χ0) is 90.0. The molecular formula is C81H88Cl4F4N4O29S3. The number of aromatic hydroxyl groups is 1. The highest BCUT2D eigenvalue weighted by atomic mass is 35.5. The smallest absolute Gasteiger partial charge is 0.387 e. The van der Waals surface area contributed by atoms with Gasteiger partial charge in [-0.1, -0.05) is 58.5 Å². The Kier molecular flexibility index (Phi) is 39.5. The van der Waals surface area contributed by atoms with Crippen LogP contribution >= 0.6 is 46.4 Å². The van der Waals surface area contributed by atoms with Crippen LogP contribution < -0.4 is 65.7 Å². The zero-order valence-corrected chi connectivity index (χ0v) is 73.0. The van der Waals surface area contributed by atoms with Gasteiger partial charge in [0.15, 0.2) is 93.8 Å². The monoisotopic (exact) mass is 1890 g/mol. The fourth-order valence-electron chi connectivity index (χ4n) is 11.8. The largest absolute Gasteiger partial charge is 0.870 e. The van der Waals surface area contributed by atoms with Gasteiger partial charge < -0.3 is 91.3 Å². The number of carboxylic acids is 1. The lowest BCUT2D eigenvalue weighted by molar-refractivity contribution is -0.378.